The first-order valence-electron chi connectivity index (χ1n) is 11.0. The van der Waals surface area contributed by atoms with Crippen LogP contribution in [-0.2, 0) is 13.1 Å². The van der Waals surface area contributed by atoms with Gasteiger partial charge in [0.2, 0.25) is 0 Å². The predicted octanol–water partition coefficient (Wildman–Crippen LogP) is 3.80. The summed E-state index contributed by atoms with van der Waals surface area (Å²) in [5.74, 6) is -0.203. The third-order valence-corrected chi connectivity index (χ3v) is 6.18. The maximum atomic E-state index is 12.7. The summed E-state index contributed by atoms with van der Waals surface area (Å²) in [4.78, 5) is 42.8. The number of carbonyl (C=O) groups is 2. The summed E-state index contributed by atoms with van der Waals surface area (Å²) in [6.45, 7) is 5.91. The maximum Gasteiger partial charge on any atom is 0.262 e. The number of benzene rings is 2. The zero-order chi connectivity index (χ0) is 23.4. The van der Waals surface area contributed by atoms with Crippen molar-refractivity contribution < 1.29 is 9.59 Å². The van der Waals surface area contributed by atoms with E-state index < -0.39 is 0 Å². The average molecular weight is 463 g/mol. The van der Waals surface area contributed by atoms with E-state index in [4.69, 9.17) is 12.2 Å². The Balaban J connectivity index is 1.43. The second-order valence-electron chi connectivity index (χ2n) is 8.13. The van der Waals surface area contributed by atoms with Crippen LogP contribution in [0.5, 0.6) is 0 Å². The highest BCUT2D eigenvalue weighted by Crippen LogP contribution is 2.15. The number of allylic oxidation sites excluding steroid dienone is 1. The second kappa shape index (κ2) is 9.95. The van der Waals surface area contributed by atoms with Gasteiger partial charge in [-0.1, -0.05) is 18.2 Å². The van der Waals surface area contributed by atoms with Crippen LogP contribution < -0.4 is 10.9 Å². The molecule has 33 heavy (non-hydrogen) atoms. The molecule has 0 spiro atoms. The van der Waals surface area contributed by atoms with Crippen LogP contribution in [0.2, 0.25) is 0 Å². The lowest BCUT2D eigenvalue weighted by Gasteiger charge is -2.26. The van der Waals surface area contributed by atoms with Crippen molar-refractivity contribution >= 4 is 34.9 Å². The lowest BCUT2D eigenvalue weighted by Crippen LogP contribution is -2.35. The molecule has 170 valence electrons. The van der Waals surface area contributed by atoms with Crippen LogP contribution in [0.4, 0.5) is 0 Å². The van der Waals surface area contributed by atoms with Gasteiger partial charge in [0.25, 0.3) is 17.4 Å². The standard InChI is InChI=1S/C25H26N4O3S/c1-2-12-29-24(32)20-11-10-19(15-21(20)27-25(29)33)22(30)26-16-17-6-8-18(9-7-17)23(31)28-13-4-3-5-14-28/h2,6-11,15H,1,3-5,12-14,16H2,(H,26,30)(H,27,33). The van der Waals surface area contributed by atoms with Crippen LogP contribution in [0.25, 0.3) is 10.9 Å². The Morgan fingerprint density at radius 3 is 2.45 bits per heavy atom. The second-order valence-corrected chi connectivity index (χ2v) is 8.51. The van der Waals surface area contributed by atoms with Gasteiger partial charge in [-0.05, 0) is 67.4 Å². The molecule has 0 aliphatic carbocycles. The van der Waals surface area contributed by atoms with E-state index in [-0.39, 0.29) is 22.1 Å². The minimum absolute atomic E-state index is 0.0611. The highest BCUT2D eigenvalue weighted by Gasteiger charge is 2.18. The van der Waals surface area contributed by atoms with E-state index in [1.165, 1.54) is 11.0 Å². The highest BCUT2D eigenvalue weighted by molar-refractivity contribution is 7.71. The first-order valence-corrected chi connectivity index (χ1v) is 11.4. The van der Waals surface area contributed by atoms with Gasteiger partial charge in [-0.15, -0.1) is 6.58 Å². The lowest BCUT2D eigenvalue weighted by atomic mass is 10.1. The number of nitrogens with one attached hydrogen (secondary N) is 2. The van der Waals surface area contributed by atoms with Crippen molar-refractivity contribution in [2.45, 2.75) is 32.4 Å². The van der Waals surface area contributed by atoms with Crippen LogP contribution in [-0.4, -0.2) is 39.4 Å². The van der Waals surface area contributed by atoms with Gasteiger partial charge in [0, 0.05) is 37.3 Å². The van der Waals surface area contributed by atoms with E-state index in [1.54, 1.807) is 24.3 Å². The van der Waals surface area contributed by atoms with E-state index in [0.717, 1.165) is 31.5 Å². The van der Waals surface area contributed by atoms with Gasteiger partial charge in [0.1, 0.15) is 0 Å². The predicted molar refractivity (Wildman–Crippen MR) is 131 cm³/mol. The largest absolute Gasteiger partial charge is 0.348 e. The van der Waals surface area contributed by atoms with Crippen LogP contribution in [0.1, 0.15) is 45.5 Å². The molecule has 0 radical (unpaired) electrons. The van der Waals surface area contributed by atoms with Gasteiger partial charge in [-0.25, -0.2) is 0 Å². The highest BCUT2D eigenvalue weighted by atomic mass is 32.1. The van der Waals surface area contributed by atoms with E-state index >= 15 is 0 Å². The molecule has 0 bridgehead atoms. The molecule has 3 aromatic rings. The van der Waals surface area contributed by atoms with Crippen LogP contribution in [0, 0.1) is 4.77 Å². The zero-order valence-corrected chi connectivity index (χ0v) is 19.1. The molecule has 7 nitrogen and oxygen atoms in total. The molecule has 1 aliphatic heterocycles. The molecule has 1 saturated heterocycles. The number of hydrogen-bond acceptors (Lipinski definition) is 4. The number of carbonyl (C=O) groups excluding carboxylic acids is 2. The fourth-order valence-corrected chi connectivity index (χ4v) is 4.29. The summed E-state index contributed by atoms with van der Waals surface area (Å²) in [6, 6.07) is 12.2. The number of fused-ring (bicyclic) bond motifs is 1. The summed E-state index contributed by atoms with van der Waals surface area (Å²) >= 11 is 5.26. The number of hydrogen-bond donors (Lipinski definition) is 2. The van der Waals surface area contributed by atoms with Crippen LogP contribution in [0.15, 0.2) is 59.9 Å². The lowest BCUT2D eigenvalue weighted by molar-refractivity contribution is 0.0724. The third-order valence-electron chi connectivity index (χ3n) is 5.85. The van der Waals surface area contributed by atoms with Crippen molar-refractivity contribution in [1.29, 1.82) is 0 Å². The normalized spacial score (nSPS) is 13.6. The average Bonchev–Trinajstić information content (AvgIpc) is 2.85. The van der Waals surface area contributed by atoms with Gasteiger partial charge in [-0.2, -0.15) is 0 Å². The number of H-pyrrole nitrogens is 1. The zero-order valence-electron chi connectivity index (χ0n) is 18.3. The molecule has 1 aromatic heterocycles. The van der Waals surface area contributed by atoms with Gasteiger partial charge in [0.05, 0.1) is 10.9 Å². The Labute approximate surface area is 196 Å². The number of rotatable bonds is 6. The summed E-state index contributed by atoms with van der Waals surface area (Å²) in [5, 5.41) is 3.34. The number of nitrogens with zero attached hydrogens (tertiary/aromatic N) is 2. The Kier molecular flexibility index (Phi) is 6.84. The Hall–Kier alpha value is -3.52. The van der Waals surface area contributed by atoms with E-state index in [2.05, 4.69) is 16.9 Å². The van der Waals surface area contributed by atoms with Gasteiger partial charge in [0.15, 0.2) is 4.77 Å². The fraction of sp³-hybridized carbons (Fsp3) is 0.280. The SMILES string of the molecule is C=CCn1c(=S)[nH]c2cc(C(=O)NCc3ccc(C(=O)N4CCCCC4)cc3)ccc2c1=O. The third kappa shape index (κ3) is 4.96. The molecule has 1 aliphatic rings. The first-order chi connectivity index (χ1) is 16.0. The van der Waals surface area contributed by atoms with Crippen LogP contribution in [0.3, 0.4) is 0 Å². The van der Waals surface area contributed by atoms with Crippen molar-refractivity contribution in [2.24, 2.45) is 0 Å². The summed E-state index contributed by atoms with van der Waals surface area (Å²) in [5.41, 5.74) is 2.27. The Morgan fingerprint density at radius 1 is 1.06 bits per heavy atom. The number of amides is 2. The molecule has 2 amide bonds. The molecule has 0 saturated carbocycles. The van der Waals surface area contributed by atoms with Crippen LogP contribution >= 0.6 is 12.2 Å². The Morgan fingerprint density at radius 2 is 1.76 bits per heavy atom. The molecule has 2 aromatic carbocycles. The van der Waals surface area contributed by atoms with E-state index in [1.807, 2.05) is 29.2 Å². The minimum Gasteiger partial charge on any atom is -0.348 e. The fourth-order valence-electron chi connectivity index (χ4n) is 4.02. The van der Waals surface area contributed by atoms with Gasteiger partial charge in [-0.3, -0.25) is 19.0 Å². The first kappa shape index (κ1) is 22.7. The van der Waals surface area contributed by atoms with Crippen molar-refractivity contribution in [2.75, 3.05) is 13.1 Å². The molecule has 0 atom stereocenters. The number of piperidine rings is 1. The van der Waals surface area contributed by atoms with E-state index in [9.17, 15) is 14.4 Å². The number of likely N-dealkylation sites (tertiary alicyclic amines) is 1. The molecule has 0 unspecified atom stereocenters. The van der Waals surface area contributed by atoms with Gasteiger partial charge >= 0.3 is 0 Å². The quantitative estimate of drug-likeness (QED) is 0.431. The van der Waals surface area contributed by atoms with Crippen molar-refractivity contribution in [3.63, 3.8) is 0 Å². The smallest absolute Gasteiger partial charge is 0.262 e. The summed E-state index contributed by atoms with van der Waals surface area (Å²) in [6.07, 6.45) is 4.90. The molecule has 1 fully saturated rings. The Bertz CT molecular complexity index is 1320. The summed E-state index contributed by atoms with van der Waals surface area (Å²) in [7, 11) is 0. The molecule has 4 rings (SSSR count). The van der Waals surface area contributed by atoms with E-state index in [0.29, 0.717) is 35.1 Å². The topological polar surface area (TPSA) is 87.2 Å². The van der Waals surface area contributed by atoms with Crippen molar-refractivity contribution in [3.8, 4) is 0 Å². The molecule has 8 heteroatoms. The van der Waals surface area contributed by atoms with Crippen molar-refractivity contribution in [3.05, 3.63) is 86.9 Å². The molecule has 2 heterocycles. The minimum atomic E-state index is -0.264. The summed E-state index contributed by atoms with van der Waals surface area (Å²) < 4.78 is 1.70. The number of aromatic nitrogens is 2. The molecular weight excluding hydrogens is 436 g/mol. The monoisotopic (exact) mass is 462 g/mol. The van der Waals surface area contributed by atoms with Crippen molar-refractivity contribution in [1.82, 2.24) is 19.8 Å². The number of aromatic amines is 1. The molecule has 2 N–H and O–H groups in total. The van der Waals surface area contributed by atoms with Gasteiger partial charge < -0.3 is 15.2 Å². The maximum absolute atomic E-state index is 12.7. The molecular formula is C25H26N4O3S.